The minimum Gasteiger partial charge on any atom is -0.379 e. The van der Waals surface area contributed by atoms with E-state index in [4.69, 9.17) is 9.47 Å². The molecule has 5 nitrogen and oxygen atoms in total. The summed E-state index contributed by atoms with van der Waals surface area (Å²) in [5, 5.41) is 6.55. The van der Waals surface area contributed by atoms with E-state index in [0.29, 0.717) is 26.4 Å². The molecule has 0 spiro atoms. The summed E-state index contributed by atoms with van der Waals surface area (Å²) < 4.78 is 11.0. The number of ether oxygens (including phenoxy) is 2. The van der Waals surface area contributed by atoms with Gasteiger partial charge in [0.1, 0.15) is 0 Å². The van der Waals surface area contributed by atoms with Gasteiger partial charge < -0.3 is 20.1 Å². The van der Waals surface area contributed by atoms with Crippen LogP contribution in [0.5, 0.6) is 0 Å². The molecule has 0 aromatic heterocycles. The number of halogens is 1. The first kappa shape index (κ1) is 25.5. The Morgan fingerprint density at radius 3 is 2.31 bits per heavy atom. The Hall–Kier alpha value is -0.510. The summed E-state index contributed by atoms with van der Waals surface area (Å²) in [6.07, 6.45) is 4.36. The number of hydrogen-bond acceptors (Lipinski definition) is 4. The Labute approximate surface area is 180 Å². The van der Waals surface area contributed by atoms with Crippen molar-refractivity contribution in [2.24, 2.45) is 4.99 Å². The molecule has 0 saturated carbocycles. The maximum absolute atomic E-state index is 5.56. The van der Waals surface area contributed by atoms with Crippen LogP contribution in [0.15, 0.2) is 34.2 Å². The monoisotopic (exact) mass is 495 g/mol. The number of guanidine groups is 1. The van der Waals surface area contributed by atoms with E-state index >= 15 is 0 Å². The molecule has 26 heavy (non-hydrogen) atoms. The number of nitrogens with zero attached hydrogens (tertiary/aromatic N) is 1. The summed E-state index contributed by atoms with van der Waals surface area (Å²) in [6, 6.07) is 8.51. The zero-order valence-corrected chi connectivity index (χ0v) is 19.4. The number of nitrogens with one attached hydrogen (secondary N) is 2. The van der Waals surface area contributed by atoms with E-state index in [1.807, 2.05) is 0 Å². The molecule has 1 aromatic rings. The van der Waals surface area contributed by atoms with Gasteiger partial charge in [0.2, 0.25) is 0 Å². The van der Waals surface area contributed by atoms with Crippen molar-refractivity contribution < 1.29 is 9.47 Å². The largest absolute Gasteiger partial charge is 0.379 e. The average Bonchev–Trinajstić information content (AvgIpc) is 2.65. The molecule has 0 amide bonds. The number of thioether (sulfide) groups is 1. The van der Waals surface area contributed by atoms with Crippen LogP contribution in [0.4, 0.5) is 0 Å². The highest BCUT2D eigenvalue weighted by Gasteiger charge is 1.98. The molecule has 0 heterocycles. The van der Waals surface area contributed by atoms with Crippen LogP contribution in [0, 0.1) is 0 Å². The van der Waals surface area contributed by atoms with Gasteiger partial charge in [0.15, 0.2) is 5.96 Å². The molecule has 7 heteroatoms. The van der Waals surface area contributed by atoms with Gasteiger partial charge in [-0.3, -0.25) is 0 Å². The molecule has 1 aromatic carbocycles. The minimum absolute atomic E-state index is 0. The SMILES string of the molecule is CCCCOCCOCCNC(=NCc1ccc(SC)cc1)NCC.I. The molecule has 0 aliphatic rings. The number of unbranched alkanes of at least 4 members (excludes halogenated alkanes) is 1. The number of hydrogen-bond donors (Lipinski definition) is 2. The number of rotatable bonds is 13. The second-order valence-electron chi connectivity index (χ2n) is 5.55. The summed E-state index contributed by atoms with van der Waals surface area (Å²) in [5.41, 5.74) is 1.20. The number of benzene rings is 1. The molecule has 0 bridgehead atoms. The Morgan fingerprint density at radius 2 is 1.69 bits per heavy atom. The van der Waals surface area contributed by atoms with E-state index in [-0.39, 0.29) is 24.0 Å². The fraction of sp³-hybridized carbons (Fsp3) is 0.632. The third-order valence-electron chi connectivity index (χ3n) is 3.48. The van der Waals surface area contributed by atoms with Gasteiger partial charge in [0.05, 0.1) is 26.4 Å². The average molecular weight is 495 g/mol. The van der Waals surface area contributed by atoms with Gasteiger partial charge in [-0.25, -0.2) is 4.99 Å². The van der Waals surface area contributed by atoms with Crippen LogP contribution in [0.2, 0.25) is 0 Å². The normalized spacial score (nSPS) is 11.1. The summed E-state index contributed by atoms with van der Waals surface area (Å²) in [7, 11) is 0. The third kappa shape index (κ3) is 12.8. The molecular weight excluding hydrogens is 461 g/mol. The van der Waals surface area contributed by atoms with Gasteiger partial charge in [-0.2, -0.15) is 0 Å². The van der Waals surface area contributed by atoms with Crippen molar-refractivity contribution in [3.8, 4) is 0 Å². The Balaban J connectivity index is 0.00000625. The lowest BCUT2D eigenvalue weighted by Crippen LogP contribution is -2.39. The Kier molecular flexibility index (Phi) is 17.5. The lowest BCUT2D eigenvalue weighted by molar-refractivity contribution is 0.0487. The minimum atomic E-state index is 0. The van der Waals surface area contributed by atoms with E-state index in [1.165, 1.54) is 16.9 Å². The van der Waals surface area contributed by atoms with Crippen molar-refractivity contribution >= 4 is 41.7 Å². The van der Waals surface area contributed by atoms with E-state index in [9.17, 15) is 0 Å². The van der Waals surface area contributed by atoms with Crippen LogP contribution < -0.4 is 10.6 Å². The van der Waals surface area contributed by atoms with E-state index in [2.05, 4.69) is 60.0 Å². The van der Waals surface area contributed by atoms with Gasteiger partial charge in [-0.05, 0) is 37.3 Å². The molecule has 0 atom stereocenters. The first-order valence-corrected chi connectivity index (χ1v) is 10.3. The standard InChI is InChI=1S/C19H33N3O2S.HI/c1-4-6-12-23-14-15-24-13-11-21-19(20-5-2)22-16-17-7-9-18(25-3)10-8-17;/h7-10H,4-6,11-16H2,1-3H3,(H2,20,21,22);1H. The first-order valence-electron chi connectivity index (χ1n) is 9.10. The maximum atomic E-state index is 5.56. The van der Waals surface area contributed by atoms with Crippen LogP contribution in [0.3, 0.4) is 0 Å². The maximum Gasteiger partial charge on any atom is 0.191 e. The van der Waals surface area contributed by atoms with Crippen molar-refractivity contribution in [1.29, 1.82) is 0 Å². The second kappa shape index (κ2) is 17.9. The lowest BCUT2D eigenvalue weighted by atomic mass is 10.2. The first-order chi connectivity index (χ1) is 12.3. The summed E-state index contributed by atoms with van der Waals surface area (Å²) in [4.78, 5) is 5.89. The van der Waals surface area contributed by atoms with Crippen LogP contribution in [-0.2, 0) is 16.0 Å². The molecule has 1 rings (SSSR count). The summed E-state index contributed by atoms with van der Waals surface area (Å²) >= 11 is 1.75. The molecule has 0 unspecified atom stereocenters. The Morgan fingerprint density at radius 1 is 1.00 bits per heavy atom. The van der Waals surface area contributed by atoms with Crippen LogP contribution in [-0.4, -0.2) is 51.7 Å². The topological polar surface area (TPSA) is 54.9 Å². The van der Waals surface area contributed by atoms with Gasteiger partial charge in [0, 0.05) is 24.6 Å². The molecule has 0 saturated heterocycles. The highest BCUT2D eigenvalue weighted by Crippen LogP contribution is 2.15. The third-order valence-corrected chi connectivity index (χ3v) is 4.22. The predicted molar refractivity (Wildman–Crippen MR) is 123 cm³/mol. The fourth-order valence-corrected chi connectivity index (χ4v) is 2.46. The van der Waals surface area contributed by atoms with Crippen molar-refractivity contribution in [3.63, 3.8) is 0 Å². The summed E-state index contributed by atoms with van der Waals surface area (Å²) in [5.74, 6) is 0.819. The predicted octanol–water partition coefficient (Wildman–Crippen LogP) is 3.91. The van der Waals surface area contributed by atoms with E-state index < -0.39 is 0 Å². The highest BCUT2D eigenvalue weighted by molar-refractivity contribution is 14.0. The number of aliphatic imine (C=N–C) groups is 1. The molecule has 0 aliphatic heterocycles. The van der Waals surface area contributed by atoms with Crippen LogP contribution in [0.25, 0.3) is 0 Å². The van der Waals surface area contributed by atoms with Crippen molar-refractivity contribution in [1.82, 2.24) is 10.6 Å². The molecular formula is C19H34IN3O2S. The van der Waals surface area contributed by atoms with E-state index in [0.717, 1.165) is 32.1 Å². The molecule has 2 N–H and O–H groups in total. The fourth-order valence-electron chi connectivity index (χ4n) is 2.05. The molecule has 150 valence electrons. The van der Waals surface area contributed by atoms with Crippen molar-refractivity contribution in [2.75, 3.05) is 45.8 Å². The zero-order chi connectivity index (χ0) is 18.2. The van der Waals surface area contributed by atoms with Gasteiger partial charge in [-0.1, -0.05) is 25.5 Å². The lowest BCUT2D eigenvalue weighted by Gasteiger charge is -2.12. The molecule has 0 fully saturated rings. The Bertz CT molecular complexity index is 472. The van der Waals surface area contributed by atoms with Crippen molar-refractivity contribution in [2.45, 2.75) is 38.1 Å². The van der Waals surface area contributed by atoms with Gasteiger partial charge in [0.25, 0.3) is 0 Å². The van der Waals surface area contributed by atoms with E-state index in [1.54, 1.807) is 11.8 Å². The molecule has 0 aliphatic carbocycles. The highest BCUT2D eigenvalue weighted by atomic mass is 127. The quantitative estimate of drug-likeness (QED) is 0.143. The zero-order valence-electron chi connectivity index (χ0n) is 16.3. The smallest absolute Gasteiger partial charge is 0.191 e. The summed E-state index contributed by atoms with van der Waals surface area (Å²) in [6.45, 7) is 9.23. The molecule has 0 radical (unpaired) electrons. The van der Waals surface area contributed by atoms with Crippen LogP contribution >= 0.6 is 35.7 Å². The second-order valence-corrected chi connectivity index (χ2v) is 6.43. The van der Waals surface area contributed by atoms with Gasteiger partial charge >= 0.3 is 0 Å². The van der Waals surface area contributed by atoms with Crippen molar-refractivity contribution in [3.05, 3.63) is 29.8 Å². The van der Waals surface area contributed by atoms with Gasteiger partial charge in [-0.15, -0.1) is 35.7 Å². The van der Waals surface area contributed by atoms with Crippen LogP contribution in [0.1, 0.15) is 32.3 Å².